The highest BCUT2D eigenvalue weighted by atomic mass is 32.2. The number of fused-ring (bicyclic) bond motifs is 1. The second-order valence-corrected chi connectivity index (χ2v) is 10.6. The zero-order valence-corrected chi connectivity index (χ0v) is 17.7. The summed E-state index contributed by atoms with van der Waals surface area (Å²) in [6.45, 7) is 0.824. The molecular weight excluding hydrogens is 450 g/mol. The molecule has 0 amide bonds. The largest absolute Gasteiger partial charge is 0.464 e. The Kier molecular flexibility index (Phi) is 4.37. The van der Waals surface area contributed by atoms with Gasteiger partial charge in [0.25, 0.3) is 10.0 Å². The predicted molar refractivity (Wildman–Crippen MR) is 106 cm³/mol. The van der Waals surface area contributed by atoms with Crippen molar-refractivity contribution in [2.24, 2.45) is 5.92 Å². The molecular formula is C20H16F2N2O5S2. The van der Waals surface area contributed by atoms with Gasteiger partial charge in [0.15, 0.2) is 0 Å². The Morgan fingerprint density at radius 3 is 2.65 bits per heavy atom. The van der Waals surface area contributed by atoms with Crippen LogP contribution in [0.15, 0.2) is 57.3 Å². The van der Waals surface area contributed by atoms with Crippen LogP contribution >= 0.6 is 11.3 Å². The van der Waals surface area contributed by atoms with Gasteiger partial charge in [-0.05, 0) is 17.7 Å². The molecule has 1 saturated carbocycles. The van der Waals surface area contributed by atoms with Crippen LogP contribution in [0.25, 0.3) is 10.6 Å². The Morgan fingerprint density at radius 2 is 1.97 bits per heavy atom. The molecule has 3 aromatic rings. The third-order valence-electron chi connectivity index (χ3n) is 5.60. The fourth-order valence-corrected chi connectivity index (χ4v) is 6.74. The minimum Gasteiger partial charge on any atom is -0.464 e. The number of carbonyl (C=O) groups is 1. The Labute approximate surface area is 180 Å². The van der Waals surface area contributed by atoms with Crippen LogP contribution < -0.4 is 4.72 Å². The van der Waals surface area contributed by atoms with E-state index < -0.39 is 33.2 Å². The van der Waals surface area contributed by atoms with Gasteiger partial charge in [0.1, 0.15) is 15.4 Å². The number of hydrogen-bond acceptors (Lipinski definition) is 7. The molecule has 3 heterocycles. The van der Waals surface area contributed by atoms with Gasteiger partial charge in [-0.25, -0.2) is 13.2 Å². The standard InChI is InChI=1S/C20H16F2N2O5S2/c1-19(21,22)15-9-13(23-29-15)14-7-8-16(30-14)31(26,27)24-20-12(10-28-18(20)25)17(20)11-5-3-2-4-6-11/h2-9,12,17,24H,10H2,1H3. The van der Waals surface area contributed by atoms with Crippen molar-refractivity contribution in [1.82, 2.24) is 9.88 Å². The highest BCUT2D eigenvalue weighted by molar-refractivity contribution is 7.91. The number of nitrogens with one attached hydrogen (secondary N) is 1. The third kappa shape index (κ3) is 3.19. The maximum absolute atomic E-state index is 13.4. The van der Waals surface area contributed by atoms with Gasteiger partial charge < -0.3 is 9.26 Å². The van der Waals surface area contributed by atoms with Crippen molar-refractivity contribution in [3.8, 4) is 10.6 Å². The zero-order chi connectivity index (χ0) is 22.0. The molecule has 1 aliphatic carbocycles. The van der Waals surface area contributed by atoms with E-state index in [0.717, 1.165) is 23.0 Å². The summed E-state index contributed by atoms with van der Waals surface area (Å²) in [5, 5.41) is 3.60. The predicted octanol–water partition coefficient (Wildman–Crippen LogP) is 3.50. The van der Waals surface area contributed by atoms with Crippen LogP contribution in [0.3, 0.4) is 0 Å². The molecule has 2 aromatic heterocycles. The first-order chi connectivity index (χ1) is 14.6. The van der Waals surface area contributed by atoms with Gasteiger partial charge in [-0.2, -0.15) is 13.5 Å². The van der Waals surface area contributed by atoms with E-state index in [-0.39, 0.29) is 28.3 Å². The molecule has 0 radical (unpaired) electrons. The number of esters is 1. The van der Waals surface area contributed by atoms with Crippen molar-refractivity contribution in [1.29, 1.82) is 0 Å². The van der Waals surface area contributed by atoms with E-state index in [1.807, 2.05) is 30.3 Å². The Balaban J connectivity index is 1.43. The second kappa shape index (κ2) is 6.68. The monoisotopic (exact) mass is 466 g/mol. The summed E-state index contributed by atoms with van der Waals surface area (Å²) in [7, 11) is -4.08. The molecule has 0 spiro atoms. The van der Waals surface area contributed by atoms with Gasteiger partial charge in [-0.1, -0.05) is 35.5 Å². The number of benzene rings is 1. The summed E-state index contributed by atoms with van der Waals surface area (Å²) in [5.74, 6) is -5.01. The zero-order valence-electron chi connectivity index (χ0n) is 16.0. The van der Waals surface area contributed by atoms with Gasteiger partial charge in [0.05, 0.1) is 11.5 Å². The normalized spacial score (nSPS) is 25.3. The lowest BCUT2D eigenvalue weighted by molar-refractivity contribution is -0.142. The fraction of sp³-hybridized carbons (Fsp3) is 0.300. The van der Waals surface area contributed by atoms with E-state index in [9.17, 15) is 22.0 Å². The van der Waals surface area contributed by atoms with Gasteiger partial charge >= 0.3 is 11.9 Å². The van der Waals surface area contributed by atoms with E-state index in [2.05, 4.69) is 14.4 Å². The second-order valence-electron chi connectivity index (χ2n) is 7.65. The fourth-order valence-electron chi connectivity index (χ4n) is 4.06. The van der Waals surface area contributed by atoms with E-state index in [1.165, 1.54) is 12.1 Å². The summed E-state index contributed by atoms with van der Waals surface area (Å²) < 4.78 is 65.2. The van der Waals surface area contributed by atoms with Crippen molar-refractivity contribution in [2.45, 2.75) is 28.5 Å². The number of carbonyl (C=O) groups excluding carboxylic acids is 1. The molecule has 3 unspecified atom stereocenters. The lowest BCUT2D eigenvalue weighted by Crippen LogP contribution is -2.43. The Morgan fingerprint density at radius 1 is 1.23 bits per heavy atom. The molecule has 1 N–H and O–H groups in total. The lowest BCUT2D eigenvalue weighted by atomic mass is 10.1. The number of nitrogens with zero attached hydrogens (tertiary/aromatic N) is 1. The van der Waals surface area contributed by atoms with Gasteiger partial charge in [-0.3, -0.25) is 0 Å². The van der Waals surface area contributed by atoms with Crippen LogP contribution in [0.5, 0.6) is 0 Å². The minimum atomic E-state index is -4.08. The third-order valence-corrected chi connectivity index (χ3v) is 8.69. The molecule has 7 nitrogen and oxygen atoms in total. The summed E-state index contributed by atoms with van der Waals surface area (Å²) in [4.78, 5) is 12.9. The Hall–Kier alpha value is -2.63. The van der Waals surface area contributed by atoms with Crippen molar-refractivity contribution < 1.29 is 31.3 Å². The van der Waals surface area contributed by atoms with Crippen molar-refractivity contribution >= 4 is 27.3 Å². The van der Waals surface area contributed by atoms with Crippen LogP contribution in [0.4, 0.5) is 8.78 Å². The van der Waals surface area contributed by atoms with E-state index in [4.69, 9.17) is 4.74 Å². The maximum atomic E-state index is 13.4. The molecule has 2 fully saturated rings. The van der Waals surface area contributed by atoms with E-state index >= 15 is 0 Å². The number of ether oxygens (including phenoxy) is 1. The molecule has 1 aliphatic heterocycles. The first kappa shape index (κ1) is 20.3. The average Bonchev–Trinajstić information content (AvgIpc) is 3.20. The molecule has 3 atom stereocenters. The van der Waals surface area contributed by atoms with Crippen LogP contribution in [-0.4, -0.2) is 31.7 Å². The van der Waals surface area contributed by atoms with Crippen LogP contribution in [0, 0.1) is 5.92 Å². The summed E-state index contributed by atoms with van der Waals surface area (Å²) in [6.07, 6.45) is 0. The maximum Gasteiger partial charge on any atom is 0.328 e. The highest BCUT2D eigenvalue weighted by Crippen LogP contribution is 2.62. The van der Waals surface area contributed by atoms with Crippen molar-refractivity contribution in [2.75, 3.05) is 6.61 Å². The number of aromatic nitrogens is 1. The molecule has 1 saturated heterocycles. The molecule has 11 heteroatoms. The summed E-state index contributed by atoms with van der Waals surface area (Å²) in [6, 6.07) is 13.1. The van der Waals surface area contributed by atoms with Gasteiger partial charge in [0, 0.05) is 24.8 Å². The lowest BCUT2D eigenvalue weighted by Gasteiger charge is -2.15. The number of thiophene rings is 1. The first-order valence-corrected chi connectivity index (χ1v) is 11.6. The summed E-state index contributed by atoms with van der Waals surface area (Å²) in [5.41, 5.74) is -0.377. The number of sulfonamides is 1. The van der Waals surface area contributed by atoms with E-state index in [0.29, 0.717) is 11.8 Å². The Bertz CT molecular complexity index is 1270. The molecule has 162 valence electrons. The quantitative estimate of drug-likeness (QED) is 0.559. The van der Waals surface area contributed by atoms with E-state index in [1.54, 1.807) is 0 Å². The summed E-state index contributed by atoms with van der Waals surface area (Å²) >= 11 is 0.846. The first-order valence-electron chi connectivity index (χ1n) is 9.34. The number of rotatable bonds is 6. The molecule has 1 aromatic carbocycles. The van der Waals surface area contributed by atoms with Crippen molar-refractivity contribution in [3.05, 3.63) is 59.9 Å². The molecule has 0 bridgehead atoms. The van der Waals surface area contributed by atoms with Gasteiger partial charge in [0.2, 0.25) is 5.76 Å². The SMILES string of the molecule is CC(F)(F)c1cc(-c2ccc(S(=O)(=O)NC34C(=O)OCC3C4c3ccccc3)s2)no1. The minimum absolute atomic E-state index is 0.0677. The van der Waals surface area contributed by atoms with Crippen molar-refractivity contribution in [3.63, 3.8) is 0 Å². The van der Waals surface area contributed by atoms with Crippen LogP contribution in [0.1, 0.15) is 24.2 Å². The number of hydrogen-bond donors (Lipinski definition) is 1. The molecule has 5 rings (SSSR count). The molecule has 31 heavy (non-hydrogen) atoms. The van der Waals surface area contributed by atoms with Gasteiger partial charge in [-0.15, -0.1) is 11.3 Å². The average molecular weight is 466 g/mol. The number of alkyl halides is 2. The highest BCUT2D eigenvalue weighted by Gasteiger charge is 2.76. The van der Waals surface area contributed by atoms with Crippen LogP contribution in [-0.2, 0) is 25.5 Å². The van der Waals surface area contributed by atoms with Crippen LogP contribution in [0.2, 0.25) is 0 Å². The topological polar surface area (TPSA) is 98.5 Å². The number of halogens is 2. The smallest absolute Gasteiger partial charge is 0.328 e. The molecule has 2 aliphatic rings. The number of cyclic esters (lactones) is 1.